The largest absolute Gasteiger partial charge is 0.417 e. The summed E-state index contributed by atoms with van der Waals surface area (Å²) >= 11 is 0. The molecule has 1 fully saturated rings. The first-order valence-corrected chi connectivity index (χ1v) is 10.2. The molecule has 0 spiro atoms. The lowest BCUT2D eigenvalue weighted by Gasteiger charge is -2.16. The molecule has 30 heavy (non-hydrogen) atoms. The fourth-order valence-electron chi connectivity index (χ4n) is 3.90. The van der Waals surface area contributed by atoms with Gasteiger partial charge in [0.1, 0.15) is 11.6 Å². The standard InChI is InChI=1S/C21H21F3N6/c22-21(23,24)15-8-5-4-6-13(15)18-25-16-9-3-1-2-7-14(16)19(26-18)28-20-27-17(29-30-20)12-10-11-12/h4-6,8,12H,1-3,7,9-11H2,(H2,25,26,27,28,29,30). The Labute approximate surface area is 171 Å². The summed E-state index contributed by atoms with van der Waals surface area (Å²) in [6, 6.07) is 5.43. The summed E-state index contributed by atoms with van der Waals surface area (Å²) < 4.78 is 40.7. The van der Waals surface area contributed by atoms with Crippen LogP contribution in [0.4, 0.5) is 24.9 Å². The van der Waals surface area contributed by atoms with Gasteiger partial charge in [-0.15, -0.1) is 5.10 Å². The van der Waals surface area contributed by atoms with Crippen LogP contribution in [0.25, 0.3) is 11.4 Å². The van der Waals surface area contributed by atoms with Crippen LogP contribution < -0.4 is 5.32 Å². The second-order valence-electron chi connectivity index (χ2n) is 7.87. The van der Waals surface area contributed by atoms with E-state index in [2.05, 4.69) is 30.5 Å². The van der Waals surface area contributed by atoms with Crippen LogP contribution in [0.1, 0.15) is 60.7 Å². The minimum absolute atomic E-state index is 0.0197. The summed E-state index contributed by atoms with van der Waals surface area (Å²) in [4.78, 5) is 13.6. The summed E-state index contributed by atoms with van der Waals surface area (Å²) in [7, 11) is 0. The molecule has 2 aliphatic carbocycles. The molecule has 0 radical (unpaired) electrons. The number of halogens is 3. The average molecular weight is 414 g/mol. The van der Waals surface area contributed by atoms with E-state index in [-0.39, 0.29) is 11.4 Å². The van der Waals surface area contributed by atoms with Gasteiger partial charge in [0, 0.05) is 22.7 Å². The Morgan fingerprint density at radius 2 is 1.77 bits per heavy atom. The Bertz CT molecular complexity index is 1070. The topological polar surface area (TPSA) is 79.4 Å². The normalized spacial score (nSPS) is 16.8. The second-order valence-corrected chi connectivity index (χ2v) is 7.87. The van der Waals surface area contributed by atoms with Crippen molar-refractivity contribution in [3.8, 4) is 11.4 Å². The molecular formula is C21H21F3N6. The molecule has 156 valence electrons. The zero-order valence-electron chi connectivity index (χ0n) is 16.3. The number of aryl methyl sites for hydroxylation is 1. The predicted molar refractivity (Wildman–Crippen MR) is 105 cm³/mol. The maximum Gasteiger partial charge on any atom is 0.417 e. The summed E-state index contributed by atoms with van der Waals surface area (Å²) in [5.74, 6) is 2.21. The van der Waals surface area contributed by atoms with Crippen molar-refractivity contribution in [1.29, 1.82) is 0 Å². The van der Waals surface area contributed by atoms with Crippen molar-refractivity contribution in [3.63, 3.8) is 0 Å². The van der Waals surface area contributed by atoms with Gasteiger partial charge in [-0.1, -0.05) is 24.6 Å². The first-order chi connectivity index (χ1) is 14.5. The van der Waals surface area contributed by atoms with Gasteiger partial charge in [0.25, 0.3) is 0 Å². The fourth-order valence-corrected chi connectivity index (χ4v) is 3.90. The molecule has 1 saturated carbocycles. The molecule has 2 heterocycles. The number of nitrogens with zero attached hydrogens (tertiary/aromatic N) is 4. The van der Waals surface area contributed by atoms with Gasteiger partial charge >= 0.3 is 6.18 Å². The van der Waals surface area contributed by atoms with E-state index in [0.29, 0.717) is 17.7 Å². The zero-order valence-corrected chi connectivity index (χ0v) is 16.3. The first-order valence-electron chi connectivity index (χ1n) is 10.2. The van der Waals surface area contributed by atoms with Crippen LogP contribution in [0.2, 0.25) is 0 Å². The molecule has 0 aliphatic heterocycles. The number of aromatic amines is 1. The summed E-state index contributed by atoms with van der Waals surface area (Å²) in [5, 5.41) is 10.3. The van der Waals surface area contributed by atoms with E-state index in [1.165, 1.54) is 12.1 Å². The van der Waals surface area contributed by atoms with Crippen LogP contribution in [-0.2, 0) is 19.0 Å². The van der Waals surface area contributed by atoms with Crippen molar-refractivity contribution in [2.75, 3.05) is 5.32 Å². The molecule has 3 aromatic rings. The van der Waals surface area contributed by atoms with Crippen molar-refractivity contribution in [2.24, 2.45) is 0 Å². The lowest BCUT2D eigenvalue weighted by atomic mass is 10.0. The van der Waals surface area contributed by atoms with Crippen molar-refractivity contribution in [3.05, 3.63) is 46.9 Å². The van der Waals surface area contributed by atoms with Gasteiger partial charge in [-0.3, -0.25) is 5.10 Å². The number of benzene rings is 1. The molecule has 0 saturated heterocycles. The quantitative estimate of drug-likeness (QED) is 0.576. The summed E-state index contributed by atoms with van der Waals surface area (Å²) in [6.07, 6.45) is 2.20. The van der Waals surface area contributed by atoms with E-state index >= 15 is 0 Å². The number of alkyl halides is 3. The number of H-pyrrole nitrogens is 1. The van der Waals surface area contributed by atoms with Gasteiger partial charge in [0.15, 0.2) is 5.82 Å². The van der Waals surface area contributed by atoms with Gasteiger partial charge in [0.05, 0.1) is 5.56 Å². The van der Waals surface area contributed by atoms with E-state index in [4.69, 9.17) is 0 Å². The fraction of sp³-hybridized carbons (Fsp3) is 0.429. The molecule has 0 atom stereocenters. The minimum atomic E-state index is -4.48. The summed E-state index contributed by atoms with van der Waals surface area (Å²) in [5.41, 5.74) is 0.987. The van der Waals surface area contributed by atoms with Gasteiger partial charge in [-0.25, -0.2) is 9.97 Å². The Kier molecular flexibility index (Phi) is 4.67. The Hall–Kier alpha value is -2.97. The van der Waals surface area contributed by atoms with Crippen LogP contribution in [0.15, 0.2) is 24.3 Å². The smallest absolute Gasteiger partial charge is 0.307 e. The molecule has 2 aromatic heterocycles. The third-order valence-corrected chi connectivity index (χ3v) is 5.60. The monoisotopic (exact) mass is 414 g/mol. The molecule has 0 unspecified atom stereocenters. The van der Waals surface area contributed by atoms with Crippen molar-refractivity contribution < 1.29 is 13.2 Å². The van der Waals surface area contributed by atoms with E-state index in [0.717, 1.165) is 68.1 Å². The molecule has 2 N–H and O–H groups in total. The number of hydrogen-bond donors (Lipinski definition) is 2. The summed E-state index contributed by atoms with van der Waals surface area (Å²) in [6.45, 7) is 0. The van der Waals surface area contributed by atoms with Gasteiger partial charge in [0.2, 0.25) is 5.95 Å². The number of aromatic nitrogens is 5. The minimum Gasteiger partial charge on any atom is -0.307 e. The van der Waals surface area contributed by atoms with E-state index < -0.39 is 11.7 Å². The van der Waals surface area contributed by atoms with Crippen molar-refractivity contribution >= 4 is 11.8 Å². The molecule has 6 nitrogen and oxygen atoms in total. The third-order valence-electron chi connectivity index (χ3n) is 5.60. The average Bonchev–Trinajstić information content (AvgIpc) is 3.51. The first kappa shape index (κ1) is 19.0. The van der Waals surface area contributed by atoms with E-state index in [9.17, 15) is 13.2 Å². The lowest BCUT2D eigenvalue weighted by molar-refractivity contribution is -0.137. The molecule has 0 amide bonds. The molecule has 2 aliphatic rings. The Morgan fingerprint density at radius 3 is 2.57 bits per heavy atom. The molecular weight excluding hydrogens is 393 g/mol. The van der Waals surface area contributed by atoms with Crippen LogP contribution in [-0.4, -0.2) is 25.1 Å². The van der Waals surface area contributed by atoms with E-state index in [1.54, 1.807) is 6.07 Å². The van der Waals surface area contributed by atoms with Crippen LogP contribution in [0, 0.1) is 0 Å². The van der Waals surface area contributed by atoms with Crippen molar-refractivity contribution in [1.82, 2.24) is 25.1 Å². The number of hydrogen-bond acceptors (Lipinski definition) is 5. The number of rotatable bonds is 4. The van der Waals surface area contributed by atoms with Crippen LogP contribution in [0.3, 0.4) is 0 Å². The highest BCUT2D eigenvalue weighted by atomic mass is 19.4. The second kappa shape index (κ2) is 7.37. The van der Waals surface area contributed by atoms with Crippen LogP contribution in [0.5, 0.6) is 0 Å². The van der Waals surface area contributed by atoms with Gasteiger partial charge in [-0.2, -0.15) is 18.2 Å². The molecule has 5 rings (SSSR count). The molecule has 9 heteroatoms. The zero-order chi connectivity index (χ0) is 20.7. The highest BCUT2D eigenvalue weighted by molar-refractivity contribution is 5.66. The molecule has 1 aromatic carbocycles. The SMILES string of the molecule is FC(F)(F)c1ccccc1-c1nc2c(c(Nc3n[nH]c(C4CC4)n3)n1)CCCCC2. The van der Waals surface area contributed by atoms with Gasteiger partial charge in [-0.05, 0) is 44.6 Å². The maximum atomic E-state index is 13.6. The third kappa shape index (κ3) is 3.76. The lowest BCUT2D eigenvalue weighted by Crippen LogP contribution is -2.11. The highest BCUT2D eigenvalue weighted by Crippen LogP contribution is 2.39. The maximum absolute atomic E-state index is 13.6. The number of fused-ring (bicyclic) bond motifs is 1. The number of nitrogens with one attached hydrogen (secondary N) is 2. The number of anilines is 2. The van der Waals surface area contributed by atoms with Gasteiger partial charge < -0.3 is 5.32 Å². The molecule has 0 bridgehead atoms. The van der Waals surface area contributed by atoms with Crippen LogP contribution >= 0.6 is 0 Å². The predicted octanol–water partition coefficient (Wildman–Crippen LogP) is 5.17. The van der Waals surface area contributed by atoms with Crippen molar-refractivity contribution in [2.45, 2.75) is 57.0 Å². The Morgan fingerprint density at radius 1 is 0.967 bits per heavy atom. The Balaban J connectivity index is 1.59. The highest BCUT2D eigenvalue weighted by Gasteiger charge is 2.34. The van der Waals surface area contributed by atoms with E-state index in [1.807, 2.05) is 0 Å².